The topological polar surface area (TPSA) is 21.3 Å². The van der Waals surface area contributed by atoms with E-state index >= 15 is 0 Å². The third kappa shape index (κ3) is 2.89. The van der Waals surface area contributed by atoms with Crippen molar-refractivity contribution in [2.75, 3.05) is 19.4 Å². The van der Waals surface area contributed by atoms with Gasteiger partial charge in [0.25, 0.3) is 0 Å². The summed E-state index contributed by atoms with van der Waals surface area (Å²) >= 11 is 2.14. The van der Waals surface area contributed by atoms with Gasteiger partial charge in [-0.3, -0.25) is 0 Å². The minimum atomic E-state index is 0.552. The van der Waals surface area contributed by atoms with Crippen molar-refractivity contribution in [3.05, 3.63) is 0 Å². The molecule has 0 spiro atoms. The van der Waals surface area contributed by atoms with Crippen LogP contribution < -0.4 is 5.32 Å². The summed E-state index contributed by atoms with van der Waals surface area (Å²) in [5.41, 5.74) is 0. The minimum Gasteiger partial charge on any atom is -0.377 e. The standard InChI is InChI=1S/C12H23NOS/c1-9-11(13-2)5-6-12(9)15-8-10-4-3-7-14-10/h9-13H,3-8H2,1-2H3. The van der Waals surface area contributed by atoms with Crippen molar-refractivity contribution >= 4 is 11.8 Å². The maximum absolute atomic E-state index is 5.66. The third-order valence-corrected chi connectivity index (χ3v) is 5.53. The van der Waals surface area contributed by atoms with Crippen LogP contribution in [0, 0.1) is 5.92 Å². The van der Waals surface area contributed by atoms with Gasteiger partial charge in [-0.25, -0.2) is 0 Å². The Morgan fingerprint density at radius 1 is 1.33 bits per heavy atom. The normalized spacial score (nSPS) is 41.2. The molecule has 0 aromatic heterocycles. The van der Waals surface area contributed by atoms with Crippen LogP contribution in [-0.4, -0.2) is 36.8 Å². The Morgan fingerprint density at radius 3 is 2.80 bits per heavy atom. The van der Waals surface area contributed by atoms with Crippen molar-refractivity contribution < 1.29 is 4.74 Å². The number of thioether (sulfide) groups is 1. The maximum Gasteiger partial charge on any atom is 0.0666 e. The van der Waals surface area contributed by atoms with Crippen LogP contribution >= 0.6 is 11.8 Å². The number of hydrogen-bond acceptors (Lipinski definition) is 3. The van der Waals surface area contributed by atoms with Gasteiger partial charge in [-0.05, 0) is 38.6 Å². The molecule has 2 aliphatic rings. The number of ether oxygens (including phenoxy) is 1. The highest BCUT2D eigenvalue weighted by Crippen LogP contribution is 2.36. The molecule has 0 aromatic rings. The van der Waals surface area contributed by atoms with E-state index < -0.39 is 0 Å². The largest absolute Gasteiger partial charge is 0.377 e. The molecule has 0 aromatic carbocycles. The van der Waals surface area contributed by atoms with Crippen LogP contribution in [0.25, 0.3) is 0 Å². The third-order valence-electron chi connectivity index (χ3n) is 3.87. The summed E-state index contributed by atoms with van der Waals surface area (Å²) in [6.07, 6.45) is 5.83. The summed E-state index contributed by atoms with van der Waals surface area (Å²) in [4.78, 5) is 0. The van der Waals surface area contributed by atoms with Crippen molar-refractivity contribution in [1.82, 2.24) is 5.32 Å². The predicted octanol–water partition coefficient (Wildman–Crippen LogP) is 2.29. The van der Waals surface area contributed by atoms with Crippen LogP contribution in [0.5, 0.6) is 0 Å². The molecule has 0 bridgehead atoms. The fourth-order valence-electron chi connectivity index (χ4n) is 2.78. The zero-order valence-electron chi connectivity index (χ0n) is 9.87. The quantitative estimate of drug-likeness (QED) is 0.799. The molecule has 15 heavy (non-hydrogen) atoms. The lowest BCUT2D eigenvalue weighted by Gasteiger charge is -2.21. The van der Waals surface area contributed by atoms with Gasteiger partial charge in [0.15, 0.2) is 0 Å². The fraction of sp³-hybridized carbons (Fsp3) is 1.00. The highest BCUT2D eigenvalue weighted by molar-refractivity contribution is 7.99. The highest BCUT2D eigenvalue weighted by Gasteiger charge is 2.32. The average molecular weight is 229 g/mol. The summed E-state index contributed by atoms with van der Waals surface area (Å²) in [5.74, 6) is 2.03. The molecule has 3 heteroatoms. The molecular formula is C12H23NOS. The first-order valence-electron chi connectivity index (χ1n) is 6.21. The Hall–Kier alpha value is 0.270. The molecule has 2 fully saturated rings. The van der Waals surface area contributed by atoms with E-state index in [4.69, 9.17) is 4.74 Å². The van der Waals surface area contributed by atoms with Gasteiger partial charge in [-0.15, -0.1) is 0 Å². The van der Waals surface area contributed by atoms with Crippen LogP contribution in [-0.2, 0) is 4.74 Å². The summed E-state index contributed by atoms with van der Waals surface area (Å²) in [7, 11) is 2.09. The summed E-state index contributed by atoms with van der Waals surface area (Å²) in [6, 6.07) is 0.743. The predicted molar refractivity (Wildman–Crippen MR) is 66.5 cm³/mol. The molecule has 4 atom stereocenters. The SMILES string of the molecule is CNC1CCC(SCC2CCCO2)C1C. The first-order valence-corrected chi connectivity index (χ1v) is 7.26. The molecule has 4 unspecified atom stereocenters. The summed E-state index contributed by atoms with van der Waals surface area (Å²) in [5, 5.41) is 4.28. The second-order valence-corrected chi connectivity index (χ2v) is 6.11. The van der Waals surface area contributed by atoms with Gasteiger partial charge >= 0.3 is 0 Å². The van der Waals surface area contributed by atoms with Crippen molar-refractivity contribution in [2.45, 2.75) is 50.0 Å². The number of rotatable bonds is 4. The van der Waals surface area contributed by atoms with E-state index in [1.54, 1.807) is 0 Å². The van der Waals surface area contributed by atoms with Gasteiger partial charge < -0.3 is 10.1 Å². The Balaban J connectivity index is 1.70. The van der Waals surface area contributed by atoms with Gasteiger partial charge in [-0.2, -0.15) is 11.8 Å². The fourth-order valence-corrected chi connectivity index (χ4v) is 4.30. The zero-order chi connectivity index (χ0) is 10.7. The molecule has 88 valence electrons. The van der Waals surface area contributed by atoms with Crippen LogP contribution in [0.15, 0.2) is 0 Å². The summed E-state index contributed by atoms with van der Waals surface area (Å²) in [6.45, 7) is 3.38. The lowest BCUT2D eigenvalue weighted by molar-refractivity contribution is 0.128. The monoisotopic (exact) mass is 229 g/mol. The smallest absolute Gasteiger partial charge is 0.0666 e. The molecule has 1 heterocycles. The van der Waals surface area contributed by atoms with Gasteiger partial charge in [0, 0.05) is 23.7 Å². The Bertz CT molecular complexity index is 194. The lowest BCUT2D eigenvalue weighted by atomic mass is 10.1. The Morgan fingerprint density at radius 2 is 2.20 bits per heavy atom. The minimum absolute atomic E-state index is 0.552. The first kappa shape index (κ1) is 11.7. The first-order chi connectivity index (χ1) is 7.31. The molecule has 1 saturated carbocycles. The van der Waals surface area contributed by atoms with E-state index in [2.05, 4.69) is 31.1 Å². The van der Waals surface area contributed by atoms with E-state index in [1.807, 2.05) is 0 Å². The molecule has 1 aliphatic heterocycles. The molecule has 0 amide bonds. The second-order valence-electron chi connectivity index (χ2n) is 4.84. The number of hydrogen-bond donors (Lipinski definition) is 1. The van der Waals surface area contributed by atoms with Crippen LogP contribution in [0.2, 0.25) is 0 Å². The molecule has 2 rings (SSSR count). The van der Waals surface area contributed by atoms with Crippen molar-refractivity contribution in [3.8, 4) is 0 Å². The maximum atomic E-state index is 5.66. The van der Waals surface area contributed by atoms with E-state index in [9.17, 15) is 0 Å². The Kier molecular flexibility index (Phi) is 4.35. The molecule has 2 nitrogen and oxygen atoms in total. The summed E-state index contributed by atoms with van der Waals surface area (Å²) < 4.78 is 5.66. The van der Waals surface area contributed by atoms with Crippen LogP contribution in [0.3, 0.4) is 0 Å². The van der Waals surface area contributed by atoms with Gasteiger partial charge in [0.1, 0.15) is 0 Å². The highest BCUT2D eigenvalue weighted by atomic mass is 32.2. The molecule has 1 aliphatic carbocycles. The van der Waals surface area contributed by atoms with Gasteiger partial charge in [0.2, 0.25) is 0 Å². The van der Waals surface area contributed by atoms with Crippen molar-refractivity contribution in [3.63, 3.8) is 0 Å². The van der Waals surface area contributed by atoms with Crippen molar-refractivity contribution in [1.29, 1.82) is 0 Å². The van der Waals surface area contributed by atoms with Crippen molar-refractivity contribution in [2.24, 2.45) is 5.92 Å². The zero-order valence-corrected chi connectivity index (χ0v) is 10.7. The van der Waals surface area contributed by atoms with Crippen LogP contribution in [0.1, 0.15) is 32.6 Å². The molecular weight excluding hydrogens is 206 g/mol. The second kappa shape index (κ2) is 5.55. The molecule has 1 saturated heterocycles. The Labute approximate surface area is 97.5 Å². The van der Waals surface area contributed by atoms with Gasteiger partial charge in [-0.1, -0.05) is 6.92 Å². The average Bonchev–Trinajstić information content (AvgIpc) is 2.85. The van der Waals surface area contributed by atoms with E-state index in [0.29, 0.717) is 6.10 Å². The lowest BCUT2D eigenvalue weighted by Crippen LogP contribution is -2.30. The van der Waals surface area contributed by atoms with Crippen LogP contribution in [0.4, 0.5) is 0 Å². The van der Waals surface area contributed by atoms with E-state index in [-0.39, 0.29) is 0 Å². The number of nitrogens with one attached hydrogen (secondary N) is 1. The van der Waals surface area contributed by atoms with E-state index in [0.717, 1.165) is 23.8 Å². The van der Waals surface area contributed by atoms with E-state index in [1.165, 1.54) is 31.4 Å². The molecule has 0 radical (unpaired) electrons. The van der Waals surface area contributed by atoms with Gasteiger partial charge in [0.05, 0.1) is 6.10 Å². The molecule has 1 N–H and O–H groups in total.